The predicted octanol–water partition coefficient (Wildman–Crippen LogP) is 2.88. The van der Waals surface area contributed by atoms with Gasteiger partial charge in [0.25, 0.3) is 0 Å². The Hall–Kier alpha value is -2.25. The molecule has 0 amide bonds. The second-order valence-electron chi connectivity index (χ2n) is 5.59. The van der Waals surface area contributed by atoms with Crippen molar-refractivity contribution < 1.29 is 13.0 Å². The van der Waals surface area contributed by atoms with Gasteiger partial charge in [0.2, 0.25) is 10.0 Å². The van der Waals surface area contributed by atoms with E-state index >= 15 is 0 Å². The number of sulfonamides is 1. The zero-order chi connectivity index (χ0) is 16.6. The van der Waals surface area contributed by atoms with Crippen molar-refractivity contribution in [2.24, 2.45) is 0 Å². The van der Waals surface area contributed by atoms with Crippen molar-refractivity contribution in [2.45, 2.75) is 31.7 Å². The molecule has 120 valence electrons. The largest absolute Gasteiger partial charge is 0.243 e. The van der Waals surface area contributed by atoms with Crippen LogP contribution in [-0.2, 0) is 10.0 Å². The zero-order valence-electron chi connectivity index (χ0n) is 13.1. The Balaban J connectivity index is 1.96. The molecule has 0 spiro atoms. The SMILES string of the molecule is Cc1ccc(C(C)NS(=O)(=O)c2cccc3nonc23)c(C)c1. The summed E-state index contributed by atoms with van der Waals surface area (Å²) in [5.74, 6) is 0. The first kappa shape index (κ1) is 15.6. The predicted molar refractivity (Wildman–Crippen MR) is 86.5 cm³/mol. The number of nitrogens with zero attached hydrogens (tertiary/aromatic N) is 2. The molecular formula is C16H17N3O3S. The molecule has 1 heterocycles. The van der Waals surface area contributed by atoms with Gasteiger partial charge in [0.05, 0.1) is 0 Å². The molecule has 7 heteroatoms. The molecule has 0 bridgehead atoms. The molecule has 0 saturated carbocycles. The van der Waals surface area contributed by atoms with Crippen molar-refractivity contribution >= 4 is 21.1 Å². The number of aryl methyl sites for hydroxylation is 2. The van der Waals surface area contributed by atoms with E-state index in [1.54, 1.807) is 12.1 Å². The molecule has 2 aromatic carbocycles. The minimum Gasteiger partial charge on any atom is -0.243 e. The summed E-state index contributed by atoms with van der Waals surface area (Å²) in [5, 5.41) is 7.36. The minimum absolute atomic E-state index is 0.0628. The van der Waals surface area contributed by atoms with Crippen molar-refractivity contribution in [3.05, 3.63) is 53.1 Å². The van der Waals surface area contributed by atoms with Crippen molar-refractivity contribution in [1.29, 1.82) is 0 Å². The van der Waals surface area contributed by atoms with E-state index in [9.17, 15) is 8.42 Å². The van der Waals surface area contributed by atoms with Crippen molar-refractivity contribution in [2.75, 3.05) is 0 Å². The molecule has 0 radical (unpaired) electrons. The van der Waals surface area contributed by atoms with Crippen LogP contribution in [0.5, 0.6) is 0 Å². The van der Waals surface area contributed by atoms with Crippen molar-refractivity contribution in [3.63, 3.8) is 0 Å². The first-order chi connectivity index (χ1) is 10.9. The number of hydrogen-bond acceptors (Lipinski definition) is 5. The molecule has 1 atom stereocenters. The van der Waals surface area contributed by atoms with Gasteiger partial charge in [-0.15, -0.1) is 0 Å². The summed E-state index contributed by atoms with van der Waals surface area (Å²) in [6.07, 6.45) is 0. The lowest BCUT2D eigenvalue weighted by Gasteiger charge is -2.17. The first-order valence-electron chi connectivity index (χ1n) is 7.19. The van der Waals surface area contributed by atoms with Gasteiger partial charge in [-0.05, 0) is 54.3 Å². The number of hydrogen-bond donors (Lipinski definition) is 1. The topological polar surface area (TPSA) is 85.1 Å². The fourth-order valence-corrected chi connectivity index (χ4v) is 4.04. The van der Waals surface area contributed by atoms with Gasteiger partial charge in [-0.2, -0.15) is 0 Å². The summed E-state index contributed by atoms with van der Waals surface area (Å²) < 4.78 is 32.7. The Morgan fingerprint density at radius 2 is 1.91 bits per heavy atom. The molecule has 3 rings (SSSR count). The van der Waals surface area contributed by atoms with Gasteiger partial charge in [-0.25, -0.2) is 17.8 Å². The average Bonchev–Trinajstić information content (AvgIpc) is 2.94. The molecule has 1 N–H and O–H groups in total. The molecule has 3 aromatic rings. The fraction of sp³-hybridized carbons (Fsp3) is 0.250. The van der Waals surface area contributed by atoms with Gasteiger partial charge >= 0.3 is 0 Å². The van der Waals surface area contributed by atoms with Gasteiger partial charge in [0.1, 0.15) is 10.4 Å². The minimum atomic E-state index is -3.74. The van der Waals surface area contributed by atoms with Gasteiger partial charge in [-0.3, -0.25) is 0 Å². The third-order valence-corrected chi connectivity index (χ3v) is 5.33. The molecule has 6 nitrogen and oxygen atoms in total. The van der Waals surface area contributed by atoms with Gasteiger partial charge in [-0.1, -0.05) is 29.8 Å². The van der Waals surface area contributed by atoms with E-state index in [0.717, 1.165) is 16.7 Å². The normalized spacial score (nSPS) is 13.3. The van der Waals surface area contributed by atoms with E-state index in [0.29, 0.717) is 5.52 Å². The summed E-state index contributed by atoms with van der Waals surface area (Å²) in [4.78, 5) is 0.0628. The molecule has 0 saturated heterocycles. The summed E-state index contributed by atoms with van der Waals surface area (Å²) >= 11 is 0. The van der Waals surface area contributed by atoms with Crippen LogP contribution in [0.15, 0.2) is 45.9 Å². The highest BCUT2D eigenvalue weighted by atomic mass is 32.2. The lowest BCUT2D eigenvalue weighted by atomic mass is 10.0. The smallest absolute Gasteiger partial charge is 0.243 e. The van der Waals surface area contributed by atoms with Crippen LogP contribution in [0.4, 0.5) is 0 Å². The van der Waals surface area contributed by atoms with Crippen LogP contribution >= 0.6 is 0 Å². The highest BCUT2D eigenvalue weighted by Gasteiger charge is 2.23. The zero-order valence-corrected chi connectivity index (χ0v) is 13.9. The molecule has 1 aromatic heterocycles. The maximum Gasteiger partial charge on any atom is 0.243 e. The molecule has 23 heavy (non-hydrogen) atoms. The average molecular weight is 331 g/mol. The maximum atomic E-state index is 12.7. The number of nitrogens with one attached hydrogen (secondary N) is 1. The van der Waals surface area contributed by atoms with Crippen LogP contribution < -0.4 is 4.72 Å². The molecule has 0 aliphatic carbocycles. The van der Waals surface area contributed by atoms with Crippen molar-refractivity contribution in [1.82, 2.24) is 15.0 Å². The summed E-state index contributed by atoms with van der Waals surface area (Å²) in [6, 6.07) is 10.3. The highest BCUT2D eigenvalue weighted by Crippen LogP contribution is 2.24. The Kier molecular flexibility index (Phi) is 3.91. The molecule has 1 unspecified atom stereocenters. The highest BCUT2D eigenvalue weighted by molar-refractivity contribution is 7.89. The van der Waals surface area contributed by atoms with E-state index in [-0.39, 0.29) is 16.5 Å². The molecule has 0 fully saturated rings. The van der Waals surface area contributed by atoms with Crippen LogP contribution in [0.2, 0.25) is 0 Å². The van der Waals surface area contributed by atoms with E-state index in [4.69, 9.17) is 0 Å². The monoisotopic (exact) mass is 331 g/mol. The lowest BCUT2D eigenvalue weighted by Crippen LogP contribution is -2.27. The van der Waals surface area contributed by atoms with E-state index in [1.807, 2.05) is 39.0 Å². The number of aromatic nitrogens is 2. The third-order valence-electron chi connectivity index (χ3n) is 3.76. The van der Waals surface area contributed by atoms with E-state index in [1.165, 1.54) is 6.07 Å². The Morgan fingerprint density at radius 1 is 1.13 bits per heavy atom. The van der Waals surface area contributed by atoms with E-state index < -0.39 is 10.0 Å². The van der Waals surface area contributed by atoms with E-state index in [2.05, 4.69) is 19.7 Å². The standard InChI is InChI=1S/C16H17N3O3S/c1-10-7-8-13(11(2)9-10)12(3)19-23(20,21)15-6-4-5-14-16(15)18-22-17-14/h4-9,12,19H,1-3H3. The Morgan fingerprint density at radius 3 is 2.65 bits per heavy atom. The van der Waals surface area contributed by atoms with Crippen LogP contribution in [0.3, 0.4) is 0 Å². The number of rotatable bonds is 4. The van der Waals surface area contributed by atoms with Gasteiger partial charge in [0.15, 0.2) is 5.52 Å². The van der Waals surface area contributed by atoms with Crippen LogP contribution in [-0.4, -0.2) is 18.7 Å². The Bertz CT molecular complexity index is 964. The Labute approximate surface area is 134 Å². The van der Waals surface area contributed by atoms with Gasteiger partial charge < -0.3 is 0 Å². The van der Waals surface area contributed by atoms with Crippen LogP contribution in [0, 0.1) is 13.8 Å². The second kappa shape index (κ2) is 5.75. The molecular weight excluding hydrogens is 314 g/mol. The number of benzene rings is 2. The summed E-state index contributed by atoms with van der Waals surface area (Å²) in [5.41, 5.74) is 3.76. The van der Waals surface area contributed by atoms with Crippen LogP contribution in [0.25, 0.3) is 11.0 Å². The lowest BCUT2D eigenvalue weighted by molar-refractivity contribution is 0.315. The number of fused-ring (bicyclic) bond motifs is 1. The third kappa shape index (κ3) is 2.97. The quantitative estimate of drug-likeness (QED) is 0.794. The van der Waals surface area contributed by atoms with Crippen molar-refractivity contribution in [3.8, 4) is 0 Å². The summed E-state index contributed by atoms with van der Waals surface area (Å²) in [7, 11) is -3.74. The second-order valence-corrected chi connectivity index (χ2v) is 7.27. The summed E-state index contributed by atoms with van der Waals surface area (Å²) in [6.45, 7) is 5.79. The van der Waals surface area contributed by atoms with Crippen LogP contribution in [0.1, 0.15) is 29.7 Å². The maximum absolute atomic E-state index is 12.7. The van der Waals surface area contributed by atoms with Gasteiger partial charge in [0, 0.05) is 6.04 Å². The molecule has 0 aliphatic rings. The first-order valence-corrected chi connectivity index (χ1v) is 8.67. The fourth-order valence-electron chi connectivity index (χ4n) is 2.67. The molecule has 0 aliphatic heterocycles.